The molecule has 0 saturated carbocycles. The van der Waals surface area contributed by atoms with Gasteiger partial charge >= 0.3 is 0 Å². The van der Waals surface area contributed by atoms with Gasteiger partial charge in [-0.2, -0.15) is 0 Å². The van der Waals surface area contributed by atoms with E-state index in [-0.39, 0.29) is 25.5 Å². The highest BCUT2D eigenvalue weighted by atomic mass is 19.3. The van der Waals surface area contributed by atoms with Crippen molar-refractivity contribution in [3.63, 3.8) is 0 Å². The molecule has 0 unspecified atom stereocenters. The Morgan fingerprint density at radius 1 is 1.42 bits per heavy atom. The van der Waals surface area contributed by atoms with E-state index in [0.29, 0.717) is 12.2 Å². The van der Waals surface area contributed by atoms with Crippen LogP contribution in [0.15, 0.2) is 24.5 Å². The standard InChI is InChI=1S/C16H19F2N3O3/c1-24-8-13(22)20-10-15(9-16(17,18)11-20)4-6-21(14(15)23)12-3-2-5-19-7-12/h2-3,5,7H,4,6,8-11H2,1H3/t15-/m1/s1. The van der Waals surface area contributed by atoms with Gasteiger partial charge < -0.3 is 14.5 Å². The number of nitrogens with zero attached hydrogens (tertiary/aromatic N) is 3. The third kappa shape index (κ3) is 2.98. The molecule has 8 heteroatoms. The SMILES string of the molecule is COCC(=O)N1CC(F)(F)C[C@]2(CCN(c3cccnc3)C2=O)C1. The number of hydrogen-bond acceptors (Lipinski definition) is 4. The van der Waals surface area contributed by atoms with E-state index in [0.717, 1.165) is 4.90 Å². The first-order valence-corrected chi connectivity index (χ1v) is 7.73. The molecule has 6 nitrogen and oxygen atoms in total. The fourth-order valence-electron chi connectivity index (χ4n) is 3.59. The zero-order valence-corrected chi connectivity index (χ0v) is 13.4. The summed E-state index contributed by atoms with van der Waals surface area (Å²) in [6.45, 7) is -0.600. The number of rotatable bonds is 3. The molecule has 130 valence electrons. The summed E-state index contributed by atoms with van der Waals surface area (Å²) in [4.78, 5) is 31.4. The Morgan fingerprint density at radius 3 is 2.88 bits per heavy atom. The van der Waals surface area contributed by atoms with Crippen molar-refractivity contribution in [2.24, 2.45) is 5.41 Å². The molecule has 2 amide bonds. The van der Waals surface area contributed by atoms with Crippen LogP contribution >= 0.6 is 0 Å². The summed E-state index contributed by atoms with van der Waals surface area (Å²) >= 11 is 0. The Kier molecular flexibility index (Phi) is 4.25. The predicted molar refractivity (Wildman–Crippen MR) is 81.7 cm³/mol. The Balaban J connectivity index is 1.86. The number of pyridine rings is 1. The number of piperidine rings is 1. The Morgan fingerprint density at radius 2 is 2.21 bits per heavy atom. The van der Waals surface area contributed by atoms with Crippen LogP contribution in [0.2, 0.25) is 0 Å². The second-order valence-corrected chi connectivity index (χ2v) is 6.41. The van der Waals surface area contributed by atoms with Gasteiger partial charge in [-0.25, -0.2) is 8.78 Å². The van der Waals surface area contributed by atoms with Crippen LogP contribution in [0.3, 0.4) is 0 Å². The molecule has 1 spiro atoms. The molecule has 2 aliphatic rings. The highest BCUT2D eigenvalue weighted by Gasteiger charge is 2.57. The van der Waals surface area contributed by atoms with E-state index >= 15 is 0 Å². The molecule has 1 atom stereocenters. The highest BCUT2D eigenvalue weighted by molar-refractivity contribution is 6.00. The maximum Gasteiger partial charge on any atom is 0.266 e. The van der Waals surface area contributed by atoms with Gasteiger partial charge in [-0.15, -0.1) is 0 Å². The number of aromatic nitrogens is 1. The quantitative estimate of drug-likeness (QED) is 0.833. The van der Waals surface area contributed by atoms with Gasteiger partial charge in [-0.3, -0.25) is 14.6 Å². The maximum absolute atomic E-state index is 14.2. The van der Waals surface area contributed by atoms with Crippen LogP contribution in [0.25, 0.3) is 0 Å². The molecule has 1 aromatic heterocycles. The van der Waals surface area contributed by atoms with Gasteiger partial charge in [0.2, 0.25) is 11.8 Å². The molecule has 0 aliphatic carbocycles. The highest BCUT2D eigenvalue weighted by Crippen LogP contribution is 2.46. The van der Waals surface area contributed by atoms with Crippen molar-refractivity contribution < 1.29 is 23.1 Å². The Bertz CT molecular complexity index is 641. The predicted octanol–water partition coefficient (Wildman–Crippen LogP) is 1.32. The van der Waals surface area contributed by atoms with E-state index in [1.807, 2.05) is 0 Å². The minimum Gasteiger partial charge on any atom is -0.375 e. The molecule has 3 rings (SSSR count). The molecule has 0 aromatic carbocycles. The van der Waals surface area contributed by atoms with Crippen molar-refractivity contribution in [1.82, 2.24) is 9.88 Å². The molecule has 3 heterocycles. The van der Waals surface area contributed by atoms with Gasteiger partial charge in [0.25, 0.3) is 5.92 Å². The van der Waals surface area contributed by atoms with Crippen LogP contribution in [0.5, 0.6) is 0 Å². The molecule has 2 fully saturated rings. The number of amides is 2. The second-order valence-electron chi connectivity index (χ2n) is 6.41. The number of methoxy groups -OCH3 is 1. The van der Waals surface area contributed by atoms with E-state index < -0.39 is 30.2 Å². The van der Waals surface area contributed by atoms with Gasteiger partial charge in [-0.1, -0.05) is 0 Å². The van der Waals surface area contributed by atoms with Crippen LogP contribution < -0.4 is 4.90 Å². The van der Waals surface area contributed by atoms with Gasteiger partial charge in [-0.05, 0) is 18.6 Å². The van der Waals surface area contributed by atoms with Crippen LogP contribution in [-0.2, 0) is 14.3 Å². The van der Waals surface area contributed by atoms with E-state index in [9.17, 15) is 18.4 Å². The van der Waals surface area contributed by atoms with E-state index in [1.54, 1.807) is 18.3 Å². The molecular weight excluding hydrogens is 320 g/mol. The van der Waals surface area contributed by atoms with Gasteiger partial charge in [0.15, 0.2) is 0 Å². The van der Waals surface area contributed by atoms with E-state index in [4.69, 9.17) is 4.74 Å². The lowest BCUT2D eigenvalue weighted by molar-refractivity contribution is -0.161. The van der Waals surface area contributed by atoms with Crippen LogP contribution in [-0.4, -0.2) is 61.0 Å². The fraction of sp³-hybridized carbons (Fsp3) is 0.562. The van der Waals surface area contributed by atoms with Crippen molar-refractivity contribution >= 4 is 17.5 Å². The summed E-state index contributed by atoms with van der Waals surface area (Å²) in [7, 11) is 1.33. The monoisotopic (exact) mass is 339 g/mol. The van der Waals surface area contributed by atoms with Crippen molar-refractivity contribution in [2.75, 3.05) is 38.3 Å². The summed E-state index contributed by atoms with van der Waals surface area (Å²) in [5, 5.41) is 0. The summed E-state index contributed by atoms with van der Waals surface area (Å²) in [6, 6.07) is 3.41. The van der Waals surface area contributed by atoms with Crippen LogP contribution in [0.4, 0.5) is 14.5 Å². The Labute approximate surface area is 138 Å². The normalized spacial score (nSPS) is 26.2. The number of ether oxygens (including phenoxy) is 1. The fourth-order valence-corrected chi connectivity index (χ4v) is 3.59. The summed E-state index contributed by atoms with van der Waals surface area (Å²) in [6.07, 6.45) is 2.87. The molecule has 24 heavy (non-hydrogen) atoms. The number of anilines is 1. The third-order valence-electron chi connectivity index (χ3n) is 4.60. The summed E-state index contributed by atoms with van der Waals surface area (Å²) in [5.41, 5.74) is -0.663. The Hall–Kier alpha value is -2.09. The molecule has 0 N–H and O–H groups in total. The minimum atomic E-state index is -3.09. The topological polar surface area (TPSA) is 62.7 Å². The first kappa shape index (κ1) is 16.8. The van der Waals surface area contributed by atoms with Crippen molar-refractivity contribution in [2.45, 2.75) is 18.8 Å². The zero-order valence-electron chi connectivity index (χ0n) is 13.4. The van der Waals surface area contributed by atoms with Crippen LogP contribution in [0.1, 0.15) is 12.8 Å². The lowest BCUT2D eigenvalue weighted by atomic mass is 9.77. The number of likely N-dealkylation sites (tertiary alicyclic amines) is 1. The van der Waals surface area contributed by atoms with Crippen molar-refractivity contribution in [1.29, 1.82) is 0 Å². The number of alkyl halides is 2. The van der Waals surface area contributed by atoms with Crippen LogP contribution in [0, 0.1) is 5.41 Å². The molecule has 0 radical (unpaired) electrons. The van der Waals surface area contributed by atoms with Gasteiger partial charge in [0.05, 0.1) is 23.8 Å². The number of carbonyl (C=O) groups excluding carboxylic acids is 2. The van der Waals surface area contributed by atoms with E-state index in [1.165, 1.54) is 18.2 Å². The van der Waals surface area contributed by atoms with E-state index in [2.05, 4.69) is 4.98 Å². The van der Waals surface area contributed by atoms with Gasteiger partial charge in [0, 0.05) is 32.8 Å². The molecular formula is C16H19F2N3O3. The zero-order chi connectivity index (χ0) is 17.4. The largest absolute Gasteiger partial charge is 0.375 e. The third-order valence-corrected chi connectivity index (χ3v) is 4.60. The first-order valence-electron chi connectivity index (χ1n) is 7.73. The van der Waals surface area contributed by atoms with Gasteiger partial charge in [0.1, 0.15) is 6.61 Å². The lowest BCUT2D eigenvalue weighted by Crippen LogP contribution is -2.57. The number of carbonyl (C=O) groups is 2. The molecule has 2 saturated heterocycles. The smallest absolute Gasteiger partial charge is 0.266 e. The lowest BCUT2D eigenvalue weighted by Gasteiger charge is -2.42. The molecule has 0 bridgehead atoms. The second kappa shape index (κ2) is 6.08. The average Bonchev–Trinajstić information content (AvgIpc) is 2.83. The minimum absolute atomic E-state index is 0.000376. The average molecular weight is 339 g/mol. The number of halogens is 2. The summed E-state index contributed by atoms with van der Waals surface area (Å²) < 4.78 is 33.2. The summed E-state index contributed by atoms with van der Waals surface area (Å²) in [5.74, 6) is -3.99. The first-order chi connectivity index (χ1) is 11.4. The van der Waals surface area contributed by atoms with Crippen molar-refractivity contribution in [3.05, 3.63) is 24.5 Å². The number of hydrogen-bond donors (Lipinski definition) is 0. The molecule has 2 aliphatic heterocycles. The molecule has 1 aromatic rings. The van der Waals surface area contributed by atoms with Crippen molar-refractivity contribution in [3.8, 4) is 0 Å². The maximum atomic E-state index is 14.2.